The maximum absolute atomic E-state index is 13.5. The summed E-state index contributed by atoms with van der Waals surface area (Å²) in [4.78, 5) is 16.5. The Hall–Kier alpha value is -1.63. The van der Waals surface area contributed by atoms with Gasteiger partial charge in [-0.05, 0) is 18.2 Å². The molecule has 0 amide bonds. The van der Waals surface area contributed by atoms with Gasteiger partial charge in [-0.1, -0.05) is 39.7 Å². The van der Waals surface area contributed by atoms with Crippen LogP contribution in [-0.2, 0) is 0 Å². The second-order valence-electron chi connectivity index (χ2n) is 4.54. The van der Waals surface area contributed by atoms with Crippen LogP contribution >= 0.6 is 27.5 Å². The number of H-pyrrole nitrogens is 2. The maximum Gasteiger partial charge on any atom is 0.323 e. The van der Waals surface area contributed by atoms with Gasteiger partial charge in [0.1, 0.15) is 11.9 Å². The molecule has 3 rings (SSSR count). The van der Waals surface area contributed by atoms with Gasteiger partial charge in [-0.25, -0.2) is 9.18 Å². The lowest BCUT2D eigenvalue weighted by molar-refractivity contribution is 0.219. The number of aromatic nitrogens is 2. The quantitative estimate of drug-likeness (QED) is 0.645. The Kier molecular flexibility index (Phi) is 3.61. The van der Waals surface area contributed by atoms with Crippen molar-refractivity contribution in [2.75, 3.05) is 0 Å². The SMILES string of the molecule is O=c1[nH]c2cc(Br)c(C(O)c3cccc(F)c3Cl)cc2[nH]1. The predicted octanol–water partition coefficient (Wildman–Crippen LogP) is 3.49. The monoisotopic (exact) mass is 370 g/mol. The number of rotatable bonds is 2. The van der Waals surface area contributed by atoms with E-state index in [1.165, 1.54) is 12.1 Å². The molecule has 7 heteroatoms. The molecule has 0 radical (unpaired) electrons. The van der Waals surface area contributed by atoms with Crippen molar-refractivity contribution in [3.05, 3.63) is 67.3 Å². The number of aliphatic hydroxyl groups is 1. The average Bonchev–Trinajstić information content (AvgIpc) is 2.79. The number of fused-ring (bicyclic) bond motifs is 1. The third-order valence-corrected chi connectivity index (χ3v) is 4.29. The van der Waals surface area contributed by atoms with Crippen molar-refractivity contribution in [3.63, 3.8) is 0 Å². The predicted molar refractivity (Wildman–Crippen MR) is 82.1 cm³/mol. The van der Waals surface area contributed by atoms with Crippen LogP contribution in [0, 0.1) is 5.82 Å². The van der Waals surface area contributed by atoms with E-state index in [0.29, 0.717) is 21.1 Å². The first kappa shape index (κ1) is 14.3. The summed E-state index contributed by atoms with van der Waals surface area (Å²) < 4.78 is 14.1. The van der Waals surface area contributed by atoms with Crippen molar-refractivity contribution in [2.45, 2.75) is 6.10 Å². The highest BCUT2D eigenvalue weighted by Crippen LogP contribution is 2.34. The number of nitrogens with one attached hydrogen (secondary N) is 2. The van der Waals surface area contributed by atoms with Crippen LogP contribution in [0.4, 0.5) is 4.39 Å². The topological polar surface area (TPSA) is 68.9 Å². The molecule has 0 aliphatic heterocycles. The molecular formula is C14H9BrClFN2O2. The molecule has 1 aromatic heterocycles. The molecule has 1 unspecified atom stereocenters. The van der Waals surface area contributed by atoms with Crippen LogP contribution in [-0.4, -0.2) is 15.1 Å². The molecule has 0 spiro atoms. The van der Waals surface area contributed by atoms with Crippen molar-refractivity contribution < 1.29 is 9.50 Å². The van der Waals surface area contributed by atoms with E-state index in [1.54, 1.807) is 18.2 Å². The van der Waals surface area contributed by atoms with Crippen LogP contribution in [0.5, 0.6) is 0 Å². The highest BCUT2D eigenvalue weighted by Gasteiger charge is 2.19. The molecule has 0 saturated carbocycles. The normalized spacial score (nSPS) is 12.8. The zero-order valence-electron chi connectivity index (χ0n) is 10.5. The lowest BCUT2D eigenvalue weighted by atomic mass is 10.0. The number of hydrogen-bond acceptors (Lipinski definition) is 2. The molecule has 3 N–H and O–H groups in total. The lowest BCUT2D eigenvalue weighted by Crippen LogP contribution is -2.03. The van der Waals surface area contributed by atoms with Gasteiger partial charge in [0.05, 0.1) is 16.1 Å². The Balaban J connectivity index is 2.16. The van der Waals surface area contributed by atoms with Gasteiger partial charge in [-0.2, -0.15) is 0 Å². The molecule has 2 aromatic carbocycles. The summed E-state index contributed by atoms with van der Waals surface area (Å²) in [6, 6.07) is 7.53. The molecule has 108 valence electrons. The van der Waals surface area contributed by atoms with Crippen LogP contribution in [0.2, 0.25) is 5.02 Å². The standard InChI is InChI=1S/C14H9BrClFN2O2/c15-8-5-11-10(18-14(21)19-11)4-7(8)13(20)6-2-1-3-9(17)12(6)16/h1-5,13,20H,(H2,18,19,21). The minimum atomic E-state index is -1.12. The first-order valence-corrected chi connectivity index (χ1v) is 7.18. The minimum Gasteiger partial charge on any atom is -0.384 e. The first-order chi connectivity index (χ1) is 9.97. The third-order valence-electron chi connectivity index (χ3n) is 3.20. The van der Waals surface area contributed by atoms with Gasteiger partial charge in [0.15, 0.2) is 0 Å². The molecule has 3 aromatic rings. The van der Waals surface area contributed by atoms with Crippen LogP contribution in [0.15, 0.2) is 39.6 Å². The minimum absolute atomic E-state index is 0.125. The smallest absolute Gasteiger partial charge is 0.323 e. The zero-order valence-corrected chi connectivity index (χ0v) is 12.8. The first-order valence-electron chi connectivity index (χ1n) is 6.01. The Morgan fingerprint density at radius 1 is 1.19 bits per heavy atom. The number of benzene rings is 2. The second-order valence-corrected chi connectivity index (χ2v) is 5.78. The zero-order chi connectivity index (χ0) is 15.1. The van der Waals surface area contributed by atoms with E-state index in [1.807, 2.05) is 0 Å². The summed E-state index contributed by atoms with van der Waals surface area (Å²) in [5.41, 5.74) is 1.55. The summed E-state index contributed by atoms with van der Waals surface area (Å²) in [6.45, 7) is 0. The van der Waals surface area contributed by atoms with Crippen LogP contribution in [0.25, 0.3) is 11.0 Å². The van der Waals surface area contributed by atoms with Gasteiger partial charge in [-0.15, -0.1) is 0 Å². The molecule has 0 bridgehead atoms. The number of imidazole rings is 1. The molecule has 0 aliphatic carbocycles. The molecule has 21 heavy (non-hydrogen) atoms. The van der Waals surface area contributed by atoms with Gasteiger partial charge in [0.2, 0.25) is 0 Å². The number of halogens is 3. The van der Waals surface area contributed by atoms with Gasteiger partial charge < -0.3 is 15.1 Å². The van der Waals surface area contributed by atoms with Gasteiger partial charge in [0.25, 0.3) is 0 Å². The van der Waals surface area contributed by atoms with E-state index >= 15 is 0 Å². The number of aromatic amines is 2. The van der Waals surface area contributed by atoms with E-state index in [9.17, 15) is 14.3 Å². The van der Waals surface area contributed by atoms with Gasteiger partial charge >= 0.3 is 5.69 Å². The van der Waals surface area contributed by atoms with Crippen LogP contribution in [0.1, 0.15) is 17.2 Å². The summed E-state index contributed by atoms with van der Waals surface area (Å²) in [7, 11) is 0. The summed E-state index contributed by atoms with van der Waals surface area (Å²) in [6.07, 6.45) is -1.12. The summed E-state index contributed by atoms with van der Waals surface area (Å²) in [5, 5.41) is 10.3. The highest BCUT2D eigenvalue weighted by molar-refractivity contribution is 9.10. The van der Waals surface area contributed by atoms with Crippen LogP contribution in [0.3, 0.4) is 0 Å². The largest absolute Gasteiger partial charge is 0.384 e. The fourth-order valence-corrected chi connectivity index (χ4v) is 2.97. The Morgan fingerprint density at radius 3 is 2.57 bits per heavy atom. The van der Waals surface area contributed by atoms with Crippen molar-refractivity contribution in [3.8, 4) is 0 Å². The molecule has 4 nitrogen and oxygen atoms in total. The molecule has 0 fully saturated rings. The van der Waals surface area contributed by atoms with Crippen molar-refractivity contribution >= 4 is 38.6 Å². The lowest BCUT2D eigenvalue weighted by Gasteiger charge is -2.15. The van der Waals surface area contributed by atoms with Crippen molar-refractivity contribution in [2.24, 2.45) is 0 Å². The maximum atomic E-state index is 13.5. The van der Waals surface area contributed by atoms with Gasteiger partial charge in [-0.3, -0.25) is 0 Å². The van der Waals surface area contributed by atoms with E-state index in [0.717, 1.165) is 0 Å². The number of aliphatic hydroxyl groups excluding tert-OH is 1. The van der Waals surface area contributed by atoms with E-state index in [-0.39, 0.29) is 16.3 Å². The highest BCUT2D eigenvalue weighted by atomic mass is 79.9. The van der Waals surface area contributed by atoms with Crippen molar-refractivity contribution in [1.29, 1.82) is 0 Å². The van der Waals surface area contributed by atoms with E-state index < -0.39 is 11.9 Å². The Morgan fingerprint density at radius 2 is 1.86 bits per heavy atom. The molecule has 1 heterocycles. The Bertz CT molecular complexity index is 890. The molecule has 1 atom stereocenters. The van der Waals surface area contributed by atoms with Gasteiger partial charge in [0, 0.05) is 15.6 Å². The average molecular weight is 372 g/mol. The fourth-order valence-electron chi connectivity index (χ4n) is 2.18. The van der Waals surface area contributed by atoms with Crippen molar-refractivity contribution in [1.82, 2.24) is 9.97 Å². The van der Waals surface area contributed by atoms with E-state index in [2.05, 4.69) is 25.9 Å². The number of hydrogen-bond donors (Lipinski definition) is 3. The van der Waals surface area contributed by atoms with Crippen LogP contribution < -0.4 is 5.69 Å². The molecule has 0 saturated heterocycles. The molecule has 0 aliphatic rings. The summed E-state index contributed by atoms with van der Waals surface area (Å²) >= 11 is 9.23. The summed E-state index contributed by atoms with van der Waals surface area (Å²) in [5.74, 6) is -0.597. The third kappa shape index (κ3) is 2.50. The molecular weight excluding hydrogens is 363 g/mol. The Labute approximate surface area is 131 Å². The fraction of sp³-hybridized carbons (Fsp3) is 0.0714. The van der Waals surface area contributed by atoms with E-state index in [4.69, 9.17) is 11.6 Å². The second kappa shape index (κ2) is 5.29.